The van der Waals surface area contributed by atoms with Gasteiger partial charge >= 0.3 is 0 Å². The number of amides is 2. The number of carbonyl (C=O) groups is 2. The van der Waals surface area contributed by atoms with Gasteiger partial charge in [-0.15, -0.1) is 0 Å². The normalized spacial score (nSPS) is 18.7. The fourth-order valence-electron chi connectivity index (χ4n) is 3.70. The van der Waals surface area contributed by atoms with Gasteiger partial charge in [-0.05, 0) is 56.0 Å². The Labute approximate surface area is 180 Å². The molecule has 2 fully saturated rings. The molecule has 1 N–H and O–H groups in total. The molecule has 1 aliphatic heterocycles. The van der Waals surface area contributed by atoms with E-state index in [0.29, 0.717) is 36.0 Å². The van der Waals surface area contributed by atoms with Gasteiger partial charge in [0.25, 0.3) is 11.8 Å². The molecule has 1 aliphatic carbocycles. The molecular formula is C23H24ClFN2O3. The second kappa shape index (κ2) is 9.04. The summed E-state index contributed by atoms with van der Waals surface area (Å²) in [5.74, 6) is -0.406. The summed E-state index contributed by atoms with van der Waals surface area (Å²) in [4.78, 5) is 26.9. The number of para-hydroxylation sites is 1. The average molecular weight is 431 g/mol. The van der Waals surface area contributed by atoms with E-state index in [-0.39, 0.29) is 29.3 Å². The van der Waals surface area contributed by atoms with E-state index in [1.54, 1.807) is 17.0 Å². The van der Waals surface area contributed by atoms with E-state index in [0.717, 1.165) is 25.7 Å². The second-order valence-corrected chi connectivity index (χ2v) is 8.37. The second-order valence-electron chi connectivity index (χ2n) is 7.94. The Kier molecular flexibility index (Phi) is 6.23. The molecular weight excluding hydrogens is 407 g/mol. The van der Waals surface area contributed by atoms with E-state index in [1.165, 1.54) is 18.2 Å². The number of likely N-dealkylation sites (tertiary alicyclic amines) is 1. The minimum atomic E-state index is -0.571. The zero-order valence-electron chi connectivity index (χ0n) is 16.6. The van der Waals surface area contributed by atoms with Crippen LogP contribution in [-0.2, 0) is 0 Å². The van der Waals surface area contributed by atoms with Crippen LogP contribution in [0.3, 0.4) is 0 Å². The number of ether oxygens (including phenoxy) is 1. The predicted octanol–water partition coefficient (Wildman–Crippen LogP) is 4.30. The number of carbonyl (C=O) groups excluding carboxylic acids is 2. The lowest BCUT2D eigenvalue weighted by molar-refractivity contribution is 0.0628. The molecule has 0 bridgehead atoms. The van der Waals surface area contributed by atoms with E-state index >= 15 is 0 Å². The van der Waals surface area contributed by atoms with Crippen molar-refractivity contribution in [2.45, 2.75) is 31.7 Å². The van der Waals surface area contributed by atoms with Crippen LogP contribution >= 0.6 is 11.6 Å². The van der Waals surface area contributed by atoms with E-state index in [4.69, 9.17) is 16.3 Å². The number of hydrogen-bond acceptors (Lipinski definition) is 3. The summed E-state index contributed by atoms with van der Waals surface area (Å²) in [5, 5.41) is 3.31. The largest absolute Gasteiger partial charge is 0.492 e. The van der Waals surface area contributed by atoms with Crippen LogP contribution in [0.2, 0.25) is 5.02 Å². The van der Waals surface area contributed by atoms with Crippen molar-refractivity contribution in [1.29, 1.82) is 0 Å². The molecule has 0 aromatic heterocycles. The van der Waals surface area contributed by atoms with Gasteiger partial charge in [0, 0.05) is 30.1 Å². The molecule has 2 amide bonds. The minimum Gasteiger partial charge on any atom is -0.492 e. The van der Waals surface area contributed by atoms with Crippen molar-refractivity contribution in [3.8, 4) is 5.75 Å². The molecule has 0 spiro atoms. The first kappa shape index (κ1) is 20.7. The number of hydrogen-bond donors (Lipinski definition) is 1. The summed E-state index contributed by atoms with van der Waals surface area (Å²) < 4.78 is 20.1. The summed E-state index contributed by atoms with van der Waals surface area (Å²) >= 11 is 5.93. The van der Waals surface area contributed by atoms with Gasteiger partial charge in [-0.2, -0.15) is 0 Å². The molecule has 1 heterocycles. The maximum absolute atomic E-state index is 14.1. The summed E-state index contributed by atoms with van der Waals surface area (Å²) in [6, 6.07) is 11.5. The zero-order valence-corrected chi connectivity index (χ0v) is 17.3. The average Bonchev–Trinajstić information content (AvgIpc) is 3.58. The number of halogens is 2. The molecule has 2 aromatic carbocycles. The first-order chi connectivity index (χ1) is 14.5. The maximum Gasteiger partial charge on any atom is 0.256 e. The quantitative estimate of drug-likeness (QED) is 0.743. The van der Waals surface area contributed by atoms with Gasteiger partial charge in [0.05, 0.1) is 17.7 Å². The summed E-state index contributed by atoms with van der Waals surface area (Å²) in [6.45, 7) is 1.43. The molecule has 158 valence electrons. The lowest BCUT2D eigenvalue weighted by atomic mass is 9.98. The van der Waals surface area contributed by atoms with Crippen molar-refractivity contribution in [2.75, 3.05) is 19.7 Å². The minimum absolute atomic E-state index is 0.00818. The molecule has 7 heteroatoms. The van der Waals surface area contributed by atoms with Crippen LogP contribution in [0.25, 0.3) is 0 Å². The fraction of sp³-hybridized carbons (Fsp3) is 0.391. The van der Waals surface area contributed by atoms with Crippen molar-refractivity contribution in [2.24, 2.45) is 5.92 Å². The van der Waals surface area contributed by atoms with Crippen molar-refractivity contribution >= 4 is 23.4 Å². The molecule has 1 atom stereocenters. The van der Waals surface area contributed by atoms with Crippen LogP contribution in [0, 0.1) is 11.7 Å². The van der Waals surface area contributed by atoms with E-state index in [9.17, 15) is 14.0 Å². The lowest BCUT2D eigenvalue weighted by Gasteiger charge is -2.33. The van der Waals surface area contributed by atoms with Gasteiger partial charge in [0.15, 0.2) is 0 Å². The SMILES string of the molecule is O=C(NC1CC1)c1ccccc1OCC1CCCN(C(=O)c2cc(Cl)ccc2F)C1. The highest BCUT2D eigenvalue weighted by Crippen LogP contribution is 2.25. The van der Waals surface area contributed by atoms with Crippen molar-refractivity contribution in [3.05, 3.63) is 64.4 Å². The number of piperidine rings is 1. The molecule has 1 saturated heterocycles. The van der Waals surface area contributed by atoms with Gasteiger partial charge in [-0.1, -0.05) is 23.7 Å². The van der Waals surface area contributed by atoms with Crippen LogP contribution in [0.5, 0.6) is 5.75 Å². The molecule has 2 aromatic rings. The third-order valence-corrected chi connectivity index (χ3v) is 5.72. The van der Waals surface area contributed by atoms with E-state index in [2.05, 4.69) is 5.32 Å². The van der Waals surface area contributed by atoms with Crippen molar-refractivity contribution in [1.82, 2.24) is 10.2 Å². The van der Waals surface area contributed by atoms with E-state index in [1.807, 2.05) is 12.1 Å². The molecule has 1 unspecified atom stereocenters. The fourth-order valence-corrected chi connectivity index (χ4v) is 3.87. The Bertz CT molecular complexity index is 948. The zero-order chi connectivity index (χ0) is 21.1. The highest BCUT2D eigenvalue weighted by molar-refractivity contribution is 6.31. The van der Waals surface area contributed by atoms with Gasteiger partial charge in [0.1, 0.15) is 11.6 Å². The molecule has 30 heavy (non-hydrogen) atoms. The van der Waals surface area contributed by atoms with Crippen molar-refractivity contribution in [3.63, 3.8) is 0 Å². The van der Waals surface area contributed by atoms with Crippen LogP contribution in [0.1, 0.15) is 46.4 Å². The number of nitrogens with zero attached hydrogens (tertiary/aromatic N) is 1. The highest BCUT2D eigenvalue weighted by atomic mass is 35.5. The first-order valence-corrected chi connectivity index (χ1v) is 10.7. The lowest BCUT2D eigenvalue weighted by Crippen LogP contribution is -2.42. The Balaban J connectivity index is 1.38. The molecule has 0 radical (unpaired) electrons. The molecule has 4 rings (SSSR count). The van der Waals surface area contributed by atoms with Crippen LogP contribution in [0.4, 0.5) is 4.39 Å². The predicted molar refractivity (Wildman–Crippen MR) is 112 cm³/mol. The highest BCUT2D eigenvalue weighted by Gasteiger charge is 2.28. The Morgan fingerprint density at radius 1 is 1.13 bits per heavy atom. The first-order valence-electron chi connectivity index (χ1n) is 10.3. The topological polar surface area (TPSA) is 58.6 Å². The van der Waals surface area contributed by atoms with Crippen LogP contribution in [0.15, 0.2) is 42.5 Å². The van der Waals surface area contributed by atoms with Gasteiger partial charge in [-0.25, -0.2) is 4.39 Å². The smallest absolute Gasteiger partial charge is 0.256 e. The maximum atomic E-state index is 14.1. The Morgan fingerprint density at radius 3 is 2.73 bits per heavy atom. The van der Waals surface area contributed by atoms with E-state index < -0.39 is 5.82 Å². The summed E-state index contributed by atoms with van der Waals surface area (Å²) in [6.07, 6.45) is 3.76. The number of benzene rings is 2. The van der Waals surface area contributed by atoms with Gasteiger partial charge in [0.2, 0.25) is 0 Å². The molecule has 5 nitrogen and oxygen atoms in total. The summed E-state index contributed by atoms with van der Waals surface area (Å²) in [7, 11) is 0. The van der Waals surface area contributed by atoms with Crippen LogP contribution < -0.4 is 10.1 Å². The standard InChI is InChI=1S/C23H24ClFN2O3/c24-16-7-10-20(25)19(12-16)23(29)27-11-3-4-15(13-27)14-30-21-6-2-1-5-18(21)22(28)26-17-8-9-17/h1-2,5-7,10,12,15,17H,3-4,8-9,11,13-14H2,(H,26,28). The Morgan fingerprint density at radius 2 is 1.93 bits per heavy atom. The third kappa shape index (κ3) is 4.93. The monoisotopic (exact) mass is 430 g/mol. The van der Waals surface area contributed by atoms with Gasteiger partial charge in [-0.3, -0.25) is 9.59 Å². The molecule has 2 aliphatic rings. The van der Waals surface area contributed by atoms with Crippen LogP contribution in [-0.4, -0.2) is 42.5 Å². The third-order valence-electron chi connectivity index (χ3n) is 5.48. The summed E-state index contributed by atoms with van der Waals surface area (Å²) in [5.41, 5.74) is 0.514. The van der Waals surface area contributed by atoms with Gasteiger partial charge < -0.3 is 15.0 Å². The number of nitrogens with one attached hydrogen (secondary N) is 1. The Hall–Kier alpha value is -2.60. The molecule has 1 saturated carbocycles. The van der Waals surface area contributed by atoms with Crippen molar-refractivity contribution < 1.29 is 18.7 Å². The number of rotatable bonds is 6.